The zero-order valence-electron chi connectivity index (χ0n) is 11.8. The summed E-state index contributed by atoms with van der Waals surface area (Å²) in [6.07, 6.45) is 1.92. The monoisotopic (exact) mass is 274 g/mol. The van der Waals surface area contributed by atoms with Gasteiger partial charge >= 0.3 is 0 Å². The van der Waals surface area contributed by atoms with Gasteiger partial charge in [-0.1, -0.05) is 37.6 Å². The number of halogens is 1. The number of rotatable bonds is 3. The number of hydrogen-bond acceptors (Lipinski definition) is 2. The summed E-state index contributed by atoms with van der Waals surface area (Å²) >= 11 is 6.05. The lowest BCUT2D eigenvalue weighted by Crippen LogP contribution is -2.13. The predicted molar refractivity (Wildman–Crippen MR) is 83.1 cm³/mol. The quantitative estimate of drug-likeness (QED) is 0.814. The van der Waals surface area contributed by atoms with E-state index in [1.165, 1.54) is 0 Å². The van der Waals surface area contributed by atoms with Gasteiger partial charge in [0, 0.05) is 30.9 Å². The molecule has 1 heterocycles. The molecular weight excluding hydrogens is 256 g/mol. The lowest BCUT2D eigenvalue weighted by molar-refractivity contribution is 0.816. The Hall–Kier alpha value is -1.54. The van der Waals surface area contributed by atoms with E-state index in [0.29, 0.717) is 5.92 Å². The third kappa shape index (κ3) is 3.07. The van der Waals surface area contributed by atoms with E-state index in [1.807, 2.05) is 38.5 Å². The average Bonchev–Trinajstić information content (AvgIpc) is 2.37. The molecule has 0 saturated carbocycles. The van der Waals surface area contributed by atoms with Crippen LogP contribution in [0.4, 0.5) is 5.69 Å². The van der Waals surface area contributed by atoms with E-state index >= 15 is 0 Å². The molecule has 0 atom stereocenters. The molecule has 1 aromatic heterocycles. The van der Waals surface area contributed by atoms with Crippen molar-refractivity contribution in [1.82, 2.24) is 4.98 Å². The first-order valence-corrected chi connectivity index (χ1v) is 6.80. The van der Waals surface area contributed by atoms with Gasteiger partial charge in [0.25, 0.3) is 0 Å². The van der Waals surface area contributed by atoms with Crippen molar-refractivity contribution in [3.05, 3.63) is 47.2 Å². The summed E-state index contributed by atoms with van der Waals surface area (Å²) < 4.78 is 0. The van der Waals surface area contributed by atoms with Gasteiger partial charge in [-0.05, 0) is 29.7 Å². The SMILES string of the molecule is CC(C)c1ncc(-c2cccc(Cl)c2)cc1N(C)C. The highest BCUT2D eigenvalue weighted by Crippen LogP contribution is 2.30. The molecule has 0 spiro atoms. The smallest absolute Gasteiger partial charge is 0.0662 e. The Morgan fingerprint density at radius 1 is 1.11 bits per heavy atom. The number of pyridine rings is 1. The van der Waals surface area contributed by atoms with Gasteiger partial charge in [-0.2, -0.15) is 0 Å². The Kier molecular flexibility index (Phi) is 4.11. The predicted octanol–water partition coefficient (Wildman–Crippen LogP) is 4.59. The van der Waals surface area contributed by atoms with Crippen molar-refractivity contribution in [2.45, 2.75) is 19.8 Å². The fraction of sp³-hybridized carbons (Fsp3) is 0.312. The van der Waals surface area contributed by atoms with Crippen molar-refractivity contribution in [2.24, 2.45) is 0 Å². The Labute approximate surface area is 120 Å². The van der Waals surface area contributed by atoms with Crippen LogP contribution in [-0.2, 0) is 0 Å². The van der Waals surface area contributed by atoms with Crippen molar-refractivity contribution < 1.29 is 0 Å². The molecule has 2 aromatic rings. The summed E-state index contributed by atoms with van der Waals surface area (Å²) in [4.78, 5) is 6.73. The molecule has 0 bridgehead atoms. The molecule has 100 valence electrons. The molecule has 1 aromatic carbocycles. The molecular formula is C16H19ClN2. The van der Waals surface area contributed by atoms with E-state index < -0.39 is 0 Å². The molecule has 0 N–H and O–H groups in total. The maximum Gasteiger partial charge on any atom is 0.0662 e. The number of benzene rings is 1. The fourth-order valence-electron chi connectivity index (χ4n) is 2.09. The topological polar surface area (TPSA) is 16.1 Å². The zero-order chi connectivity index (χ0) is 14.0. The molecule has 0 radical (unpaired) electrons. The number of nitrogens with zero attached hydrogens (tertiary/aromatic N) is 2. The van der Waals surface area contributed by atoms with Gasteiger partial charge in [-0.15, -0.1) is 0 Å². The Balaban J connectivity index is 2.52. The first kappa shape index (κ1) is 13.9. The van der Waals surface area contributed by atoms with E-state index in [4.69, 9.17) is 11.6 Å². The van der Waals surface area contributed by atoms with Crippen LogP contribution in [0.25, 0.3) is 11.1 Å². The van der Waals surface area contributed by atoms with Crippen LogP contribution in [0.5, 0.6) is 0 Å². The second kappa shape index (κ2) is 5.62. The largest absolute Gasteiger partial charge is 0.376 e. The summed E-state index contributed by atoms with van der Waals surface area (Å²) in [6, 6.07) is 10.0. The molecule has 0 amide bonds. The first-order chi connectivity index (χ1) is 8.99. The van der Waals surface area contributed by atoms with Gasteiger partial charge in [0.2, 0.25) is 0 Å². The molecule has 0 fully saturated rings. The summed E-state index contributed by atoms with van der Waals surface area (Å²) in [5, 5.41) is 0.747. The Morgan fingerprint density at radius 2 is 1.84 bits per heavy atom. The van der Waals surface area contributed by atoms with Crippen LogP contribution in [-0.4, -0.2) is 19.1 Å². The molecule has 0 unspecified atom stereocenters. The van der Waals surface area contributed by atoms with Crippen LogP contribution < -0.4 is 4.90 Å². The molecule has 19 heavy (non-hydrogen) atoms. The number of aromatic nitrogens is 1. The minimum absolute atomic E-state index is 0.408. The fourth-order valence-corrected chi connectivity index (χ4v) is 2.28. The zero-order valence-corrected chi connectivity index (χ0v) is 12.6. The highest BCUT2D eigenvalue weighted by atomic mass is 35.5. The van der Waals surface area contributed by atoms with Crippen molar-refractivity contribution >= 4 is 17.3 Å². The van der Waals surface area contributed by atoms with Crippen LogP contribution in [0.15, 0.2) is 36.5 Å². The van der Waals surface area contributed by atoms with Crippen LogP contribution in [0.1, 0.15) is 25.5 Å². The highest BCUT2D eigenvalue weighted by Gasteiger charge is 2.11. The molecule has 0 saturated heterocycles. The summed E-state index contributed by atoms with van der Waals surface area (Å²) in [5.74, 6) is 0.408. The van der Waals surface area contributed by atoms with Crippen LogP contribution >= 0.6 is 11.6 Å². The molecule has 0 aliphatic heterocycles. The second-order valence-electron chi connectivity index (χ2n) is 5.19. The van der Waals surface area contributed by atoms with Crippen LogP contribution in [0.3, 0.4) is 0 Å². The molecule has 2 rings (SSSR count). The molecule has 3 heteroatoms. The van der Waals surface area contributed by atoms with Gasteiger partial charge in [-0.25, -0.2) is 0 Å². The van der Waals surface area contributed by atoms with E-state index in [2.05, 4.69) is 35.9 Å². The van der Waals surface area contributed by atoms with Gasteiger partial charge < -0.3 is 4.90 Å². The van der Waals surface area contributed by atoms with E-state index in [9.17, 15) is 0 Å². The van der Waals surface area contributed by atoms with E-state index in [1.54, 1.807) is 0 Å². The van der Waals surface area contributed by atoms with Gasteiger partial charge in [0.1, 0.15) is 0 Å². The van der Waals surface area contributed by atoms with Crippen molar-refractivity contribution in [3.8, 4) is 11.1 Å². The molecule has 0 aliphatic carbocycles. The summed E-state index contributed by atoms with van der Waals surface area (Å²) in [5.41, 5.74) is 4.47. The van der Waals surface area contributed by atoms with Crippen LogP contribution in [0.2, 0.25) is 5.02 Å². The number of anilines is 1. The maximum atomic E-state index is 6.05. The third-order valence-electron chi connectivity index (χ3n) is 3.08. The highest BCUT2D eigenvalue weighted by molar-refractivity contribution is 6.30. The van der Waals surface area contributed by atoms with Gasteiger partial charge in [0.05, 0.1) is 11.4 Å². The lowest BCUT2D eigenvalue weighted by Gasteiger charge is -2.20. The van der Waals surface area contributed by atoms with Gasteiger partial charge in [0.15, 0.2) is 0 Å². The van der Waals surface area contributed by atoms with E-state index in [-0.39, 0.29) is 0 Å². The molecule has 0 aliphatic rings. The standard InChI is InChI=1S/C16H19ClN2/c1-11(2)16-15(19(3)4)9-13(10-18-16)12-6-5-7-14(17)8-12/h5-11H,1-4H3. The van der Waals surface area contributed by atoms with Crippen molar-refractivity contribution in [2.75, 3.05) is 19.0 Å². The Bertz CT molecular complexity index is 577. The summed E-state index contributed by atoms with van der Waals surface area (Å²) in [6.45, 7) is 4.32. The first-order valence-electron chi connectivity index (χ1n) is 6.42. The lowest BCUT2D eigenvalue weighted by atomic mass is 10.0. The second-order valence-corrected chi connectivity index (χ2v) is 5.62. The summed E-state index contributed by atoms with van der Waals surface area (Å²) in [7, 11) is 4.09. The number of hydrogen-bond donors (Lipinski definition) is 0. The normalized spacial score (nSPS) is 10.8. The Morgan fingerprint density at radius 3 is 2.42 bits per heavy atom. The third-order valence-corrected chi connectivity index (χ3v) is 3.32. The van der Waals surface area contributed by atoms with Crippen LogP contribution in [0, 0.1) is 0 Å². The van der Waals surface area contributed by atoms with Crippen molar-refractivity contribution in [3.63, 3.8) is 0 Å². The van der Waals surface area contributed by atoms with Crippen molar-refractivity contribution in [1.29, 1.82) is 0 Å². The minimum Gasteiger partial charge on any atom is -0.376 e. The maximum absolute atomic E-state index is 6.05. The molecule has 2 nitrogen and oxygen atoms in total. The average molecular weight is 275 g/mol. The van der Waals surface area contributed by atoms with Gasteiger partial charge in [-0.3, -0.25) is 4.98 Å². The minimum atomic E-state index is 0.408. The van der Waals surface area contributed by atoms with E-state index in [0.717, 1.165) is 27.5 Å².